The molecule has 0 bridgehead atoms. The van der Waals surface area contributed by atoms with E-state index in [-0.39, 0.29) is 6.23 Å². The molecule has 0 aliphatic rings. The first-order valence-electron chi connectivity index (χ1n) is 2.64. The molecule has 1 atom stereocenters. The van der Waals surface area contributed by atoms with E-state index in [0.29, 0.717) is 0 Å². The molecule has 0 saturated carbocycles. The molecule has 3 heteroatoms. The monoisotopic (exact) mass is 118 g/mol. The highest BCUT2D eigenvalue weighted by molar-refractivity contribution is 4.56. The lowest BCUT2D eigenvalue weighted by Crippen LogP contribution is -2.41. The molecule has 0 fully saturated rings. The Morgan fingerprint density at radius 2 is 1.88 bits per heavy atom. The van der Waals surface area contributed by atoms with Gasteiger partial charge >= 0.3 is 0 Å². The third kappa shape index (κ3) is 5.88. The zero-order valence-electron chi connectivity index (χ0n) is 5.64. The maximum absolute atomic E-state index is 5.43. The van der Waals surface area contributed by atoms with Crippen molar-refractivity contribution in [2.75, 3.05) is 0 Å². The Labute approximate surface area is 50.0 Å². The zero-order valence-corrected chi connectivity index (χ0v) is 5.64. The molecule has 0 amide bonds. The molecule has 0 aromatic rings. The lowest BCUT2D eigenvalue weighted by Gasteiger charge is -2.21. The summed E-state index contributed by atoms with van der Waals surface area (Å²) in [5.74, 6) is 0. The fourth-order valence-electron chi connectivity index (χ4n) is 0.479. The fourth-order valence-corrected chi connectivity index (χ4v) is 0.479. The fraction of sp³-hybridized carbons (Fsp3) is 1.00. The number of hydrogen-bond acceptors (Lipinski definition) is 3. The molecule has 0 radical (unpaired) electrons. The molecule has 0 saturated heterocycles. The van der Waals surface area contributed by atoms with Gasteiger partial charge in [0.1, 0.15) is 12.0 Å². The van der Waals surface area contributed by atoms with Crippen LogP contribution in [0.1, 0.15) is 20.8 Å². The summed E-state index contributed by atoms with van der Waals surface area (Å²) in [5, 5.41) is 0. The van der Waals surface area contributed by atoms with Gasteiger partial charge in [-0.2, -0.15) is 0 Å². The van der Waals surface area contributed by atoms with Crippen molar-refractivity contribution >= 4 is 0 Å². The first kappa shape index (κ1) is 7.88. The summed E-state index contributed by atoms with van der Waals surface area (Å²) in [6, 6.07) is 0. The van der Waals surface area contributed by atoms with Gasteiger partial charge in [-0.05, 0) is 20.8 Å². The van der Waals surface area contributed by atoms with Gasteiger partial charge in [0.25, 0.3) is 0 Å². The molecule has 4 N–H and O–H groups in total. The van der Waals surface area contributed by atoms with Gasteiger partial charge in [-0.25, -0.2) is 0 Å². The van der Waals surface area contributed by atoms with Crippen molar-refractivity contribution < 1.29 is 4.74 Å². The lowest BCUT2D eigenvalue weighted by atomic mass is 10.3. The Morgan fingerprint density at radius 1 is 1.50 bits per heavy atom. The van der Waals surface area contributed by atoms with E-state index in [9.17, 15) is 0 Å². The van der Waals surface area contributed by atoms with Crippen LogP contribution in [0.25, 0.3) is 0 Å². The van der Waals surface area contributed by atoms with Crippen LogP contribution in [0.5, 0.6) is 0 Å². The minimum atomic E-state index is -0.603. The van der Waals surface area contributed by atoms with E-state index < -0.39 is 5.72 Å². The van der Waals surface area contributed by atoms with E-state index in [1.54, 1.807) is 20.8 Å². The van der Waals surface area contributed by atoms with Crippen molar-refractivity contribution in [1.82, 2.24) is 0 Å². The topological polar surface area (TPSA) is 61.3 Å². The van der Waals surface area contributed by atoms with Crippen LogP contribution in [0.3, 0.4) is 0 Å². The van der Waals surface area contributed by atoms with Gasteiger partial charge < -0.3 is 16.2 Å². The van der Waals surface area contributed by atoms with Crippen molar-refractivity contribution in [3.63, 3.8) is 0 Å². The van der Waals surface area contributed by atoms with Gasteiger partial charge in [0, 0.05) is 0 Å². The first-order chi connectivity index (χ1) is 3.42. The molecule has 0 heterocycles. The van der Waals surface area contributed by atoms with Crippen LogP contribution in [0, 0.1) is 0 Å². The Bertz CT molecular complexity index is 65.3. The van der Waals surface area contributed by atoms with E-state index in [1.807, 2.05) is 0 Å². The maximum Gasteiger partial charge on any atom is 0.113 e. The van der Waals surface area contributed by atoms with Crippen molar-refractivity contribution in [3.8, 4) is 0 Å². The van der Waals surface area contributed by atoms with E-state index in [0.717, 1.165) is 0 Å². The molecule has 0 rings (SSSR count). The van der Waals surface area contributed by atoms with Crippen LogP contribution < -0.4 is 11.5 Å². The molecule has 3 nitrogen and oxygen atoms in total. The Balaban J connectivity index is 3.39. The smallest absolute Gasteiger partial charge is 0.113 e. The predicted molar refractivity (Wildman–Crippen MR) is 33.0 cm³/mol. The van der Waals surface area contributed by atoms with Gasteiger partial charge in [-0.3, -0.25) is 0 Å². The molecule has 0 aromatic heterocycles. The average molecular weight is 118 g/mol. The Hall–Kier alpha value is -0.120. The molecule has 0 aliphatic heterocycles. The van der Waals surface area contributed by atoms with Crippen LogP contribution in [0.2, 0.25) is 0 Å². The molecule has 8 heavy (non-hydrogen) atoms. The highest BCUT2D eigenvalue weighted by Gasteiger charge is 2.11. The van der Waals surface area contributed by atoms with Gasteiger partial charge in [0.2, 0.25) is 0 Å². The number of hydrogen-bond donors (Lipinski definition) is 2. The third-order valence-electron chi connectivity index (χ3n) is 0.490. The van der Waals surface area contributed by atoms with Crippen LogP contribution in [0.4, 0.5) is 0 Å². The molecular formula is C5H14N2O. The number of nitrogens with two attached hydrogens (primary N) is 2. The van der Waals surface area contributed by atoms with Gasteiger partial charge in [0.05, 0.1) is 0 Å². The number of ether oxygens (including phenoxy) is 1. The molecular weight excluding hydrogens is 104 g/mol. The standard InChI is InChI=1S/C5H14N2O/c1-4(6)8-5(2,3)7/h4H,6-7H2,1-3H3. The van der Waals surface area contributed by atoms with Crippen molar-refractivity contribution in [1.29, 1.82) is 0 Å². The normalized spacial score (nSPS) is 16.1. The van der Waals surface area contributed by atoms with Gasteiger partial charge in [0.15, 0.2) is 0 Å². The highest BCUT2D eigenvalue weighted by Crippen LogP contribution is 1.99. The van der Waals surface area contributed by atoms with E-state index in [4.69, 9.17) is 16.2 Å². The quantitative estimate of drug-likeness (QED) is 0.502. The average Bonchev–Trinajstić information content (AvgIpc) is 1.21. The zero-order chi connectivity index (χ0) is 6.78. The van der Waals surface area contributed by atoms with E-state index in [2.05, 4.69) is 0 Å². The minimum absolute atomic E-state index is 0.282. The van der Waals surface area contributed by atoms with Crippen LogP contribution in [-0.2, 0) is 4.74 Å². The summed E-state index contributed by atoms with van der Waals surface area (Å²) in [7, 11) is 0. The first-order valence-corrected chi connectivity index (χ1v) is 2.64. The van der Waals surface area contributed by atoms with Crippen molar-refractivity contribution in [3.05, 3.63) is 0 Å². The largest absolute Gasteiger partial charge is 0.344 e. The molecule has 0 spiro atoms. The van der Waals surface area contributed by atoms with Gasteiger partial charge in [-0.1, -0.05) is 0 Å². The Kier molecular flexibility index (Phi) is 2.40. The summed E-state index contributed by atoms with van der Waals surface area (Å²) in [5.41, 5.74) is 10.1. The molecule has 50 valence electrons. The molecule has 1 unspecified atom stereocenters. The maximum atomic E-state index is 5.43. The van der Waals surface area contributed by atoms with E-state index >= 15 is 0 Å². The molecule has 0 aromatic carbocycles. The second kappa shape index (κ2) is 2.44. The summed E-state index contributed by atoms with van der Waals surface area (Å²) in [6.07, 6.45) is -0.282. The SMILES string of the molecule is CC(N)OC(C)(C)N. The van der Waals surface area contributed by atoms with Crippen molar-refractivity contribution in [2.24, 2.45) is 11.5 Å². The summed E-state index contributed by atoms with van der Waals surface area (Å²) < 4.78 is 4.99. The summed E-state index contributed by atoms with van der Waals surface area (Å²) in [6.45, 7) is 5.27. The predicted octanol–water partition coefficient (Wildman–Crippen LogP) is 0.00250. The van der Waals surface area contributed by atoms with E-state index in [1.165, 1.54) is 0 Å². The highest BCUT2D eigenvalue weighted by atomic mass is 16.5. The van der Waals surface area contributed by atoms with Crippen LogP contribution >= 0.6 is 0 Å². The summed E-state index contributed by atoms with van der Waals surface area (Å²) >= 11 is 0. The summed E-state index contributed by atoms with van der Waals surface area (Å²) in [4.78, 5) is 0. The lowest BCUT2D eigenvalue weighted by molar-refractivity contribution is -0.0562. The van der Waals surface area contributed by atoms with Crippen LogP contribution in [0.15, 0.2) is 0 Å². The Morgan fingerprint density at radius 3 is 1.88 bits per heavy atom. The third-order valence-corrected chi connectivity index (χ3v) is 0.490. The minimum Gasteiger partial charge on any atom is -0.344 e. The number of rotatable bonds is 2. The van der Waals surface area contributed by atoms with Gasteiger partial charge in [-0.15, -0.1) is 0 Å². The second-order valence-electron chi connectivity index (χ2n) is 2.43. The second-order valence-corrected chi connectivity index (χ2v) is 2.43. The molecule has 0 aliphatic carbocycles. The van der Waals surface area contributed by atoms with Crippen molar-refractivity contribution in [2.45, 2.75) is 32.7 Å². The van der Waals surface area contributed by atoms with Crippen LogP contribution in [-0.4, -0.2) is 12.0 Å².